The number of nitrogens with zero attached hydrogens (tertiary/aromatic N) is 5. The van der Waals surface area contributed by atoms with Crippen LogP contribution in [0.4, 0.5) is 0 Å². The highest BCUT2D eigenvalue weighted by Crippen LogP contribution is 2.50. The van der Waals surface area contributed by atoms with Gasteiger partial charge < -0.3 is 0 Å². The van der Waals surface area contributed by atoms with E-state index in [9.17, 15) is 10.1 Å². The van der Waals surface area contributed by atoms with Crippen molar-refractivity contribution in [3.05, 3.63) is 72.0 Å². The Hall–Kier alpha value is -3.72. The van der Waals surface area contributed by atoms with Crippen LogP contribution < -0.4 is 0 Å². The topological polar surface area (TPSA) is 92.4 Å². The molecule has 0 N–H and O–H groups in total. The Morgan fingerprint density at radius 1 is 1.10 bits per heavy atom. The van der Waals surface area contributed by atoms with Gasteiger partial charge in [-0.15, -0.1) is 0 Å². The van der Waals surface area contributed by atoms with Gasteiger partial charge in [-0.2, -0.15) is 5.26 Å². The third-order valence-electron chi connectivity index (χ3n) is 6.71. The minimum atomic E-state index is -0.520. The molecule has 6 heteroatoms. The number of ketones is 1. The fourth-order valence-corrected chi connectivity index (χ4v) is 5.14. The van der Waals surface area contributed by atoms with Crippen molar-refractivity contribution >= 4 is 5.78 Å². The molecule has 6 nitrogen and oxygen atoms in total. The highest BCUT2D eigenvalue weighted by Gasteiger charge is 2.49. The number of hydrogen-bond donors (Lipinski definition) is 0. The molecule has 0 unspecified atom stereocenters. The summed E-state index contributed by atoms with van der Waals surface area (Å²) < 4.78 is 0. The van der Waals surface area contributed by atoms with E-state index in [2.05, 4.69) is 23.0 Å². The number of allylic oxidation sites excluding steroid dienone is 2. The van der Waals surface area contributed by atoms with Crippen molar-refractivity contribution < 1.29 is 4.79 Å². The maximum Gasteiger partial charge on any atom is 0.176 e. The van der Waals surface area contributed by atoms with Gasteiger partial charge in [0.05, 0.1) is 17.0 Å². The predicted molar refractivity (Wildman–Crippen MR) is 116 cm³/mol. The van der Waals surface area contributed by atoms with Crippen molar-refractivity contribution in [1.82, 2.24) is 19.9 Å². The van der Waals surface area contributed by atoms with E-state index in [-0.39, 0.29) is 23.2 Å². The molecule has 3 atom stereocenters. The zero-order valence-electron chi connectivity index (χ0n) is 17.4. The molecule has 0 aliphatic heterocycles. The molecule has 0 fully saturated rings. The van der Waals surface area contributed by atoms with Crippen molar-refractivity contribution in [1.29, 1.82) is 5.26 Å². The van der Waals surface area contributed by atoms with Crippen LogP contribution in [0.5, 0.6) is 0 Å². The monoisotopic (exact) mass is 407 g/mol. The Morgan fingerprint density at radius 3 is 2.61 bits per heavy atom. The fourth-order valence-electron chi connectivity index (χ4n) is 5.14. The SMILES string of the molecule is C[C@H]1C(=O)C(C#N)=C[C@@]2(C)c3nc(-c4ccncc4)nc(-c4cccnc4)c3CC[C@H]12. The largest absolute Gasteiger partial charge is 0.293 e. The highest BCUT2D eigenvalue weighted by molar-refractivity contribution is 6.02. The molecule has 3 aromatic heterocycles. The average molecular weight is 407 g/mol. The standard InChI is InChI=1S/C25H21N5O/c1-15-20-6-5-19-21(17-4-3-9-28-14-17)29-24(16-7-10-27-11-8-16)30-23(19)25(20,2)12-18(13-26)22(15)31/h3-4,7-12,14-15,20H,5-6H2,1-2H3/t15-,20-,25-/m1/s1. The molecule has 0 saturated heterocycles. The van der Waals surface area contributed by atoms with Gasteiger partial charge in [-0.25, -0.2) is 9.97 Å². The Bertz CT molecular complexity index is 1250. The maximum atomic E-state index is 12.7. The zero-order valence-corrected chi connectivity index (χ0v) is 17.4. The van der Waals surface area contributed by atoms with Crippen molar-refractivity contribution in [3.8, 4) is 28.7 Å². The molecule has 3 heterocycles. The number of fused-ring (bicyclic) bond motifs is 3. The second kappa shape index (κ2) is 7.21. The Balaban J connectivity index is 1.81. The lowest BCUT2D eigenvalue weighted by atomic mass is 9.57. The Morgan fingerprint density at radius 2 is 1.90 bits per heavy atom. The van der Waals surface area contributed by atoms with E-state index in [1.807, 2.05) is 43.5 Å². The first kappa shape index (κ1) is 19.3. The van der Waals surface area contributed by atoms with E-state index in [1.165, 1.54) is 0 Å². The molecule has 152 valence electrons. The van der Waals surface area contributed by atoms with Crippen LogP contribution in [0.15, 0.2) is 60.7 Å². The molecule has 0 spiro atoms. The zero-order chi connectivity index (χ0) is 21.6. The lowest BCUT2D eigenvalue weighted by molar-refractivity contribution is -0.121. The average Bonchev–Trinajstić information content (AvgIpc) is 2.82. The number of carbonyl (C=O) groups excluding carboxylic acids is 1. The molecule has 0 saturated carbocycles. The third-order valence-corrected chi connectivity index (χ3v) is 6.71. The number of hydrogen-bond acceptors (Lipinski definition) is 6. The summed E-state index contributed by atoms with van der Waals surface area (Å²) in [4.78, 5) is 31.1. The first-order valence-electron chi connectivity index (χ1n) is 10.4. The quantitative estimate of drug-likeness (QED) is 0.635. The van der Waals surface area contributed by atoms with Crippen LogP contribution in [-0.4, -0.2) is 25.7 Å². The van der Waals surface area contributed by atoms with Crippen molar-refractivity contribution in [2.24, 2.45) is 11.8 Å². The van der Waals surface area contributed by atoms with Crippen LogP contribution in [-0.2, 0) is 16.6 Å². The lowest BCUT2D eigenvalue weighted by Gasteiger charge is -2.45. The number of pyridine rings is 2. The van der Waals surface area contributed by atoms with Gasteiger partial charge in [0.15, 0.2) is 11.6 Å². The van der Waals surface area contributed by atoms with Gasteiger partial charge >= 0.3 is 0 Å². The molecule has 5 rings (SSSR count). The molecule has 2 aliphatic carbocycles. The summed E-state index contributed by atoms with van der Waals surface area (Å²) in [6, 6.07) is 9.80. The minimum Gasteiger partial charge on any atom is -0.293 e. The molecule has 0 amide bonds. The van der Waals surface area contributed by atoms with Crippen LogP contribution in [0.3, 0.4) is 0 Å². The smallest absolute Gasteiger partial charge is 0.176 e. The molecule has 3 aromatic rings. The number of nitriles is 1. The van der Waals surface area contributed by atoms with Gasteiger partial charge in [-0.3, -0.25) is 14.8 Å². The fraction of sp³-hybridized carbons (Fsp3) is 0.280. The summed E-state index contributed by atoms with van der Waals surface area (Å²) in [7, 11) is 0. The van der Waals surface area contributed by atoms with Crippen molar-refractivity contribution in [2.75, 3.05) is 0 Å². The van der Waals surface area contributed by atoms with Crippen molar-refractivity contribution in [2.45, 2.75) is 32.1 Å². The number of carbonyl (C=O) groups is 1. The van der Waals surface area contributed by atoms with E-state index >= 15 is 0 Å². The summed E-state index contributed by atoms with van der Waals surface area (Å²) >= 11 is 0. The normalized spacial score (nSPS) is 24.5. The van der Waals surface area contributed by atoms with Gasteiger partial charge in [-0.05, 0) is 43.0 Å². The van der Waals surface area contributed by atoms with Crippen LogP contribution in [0, 0.1) is 23.2 Å². The van der Waals surface area contributed by atoms with E-state index in [0.717, 1.165) is 40.9 Å². The molecule has 0 aromatic carbocycles. The summed E-state index contributed by atoms with van der Waals surface area (Å²) in [5.41, 5.74) is 4.34. The summed E-state index contributed by atoms with van der Waals surface area (Å²) in [6.45, 7) is 4.04. The number of rotatable bonds is 2. The number of aromatic nitrogens is 4. The number of Topliss-reactive ketones (excluding diaryl/α,β-unsaturated/α-hetero) is 1. The van der Waals surface area contributed by atoms with E-state index in [0.29, 0.717) is 5.82 Å². The van der Waals surface area contributed by atoms with Crippen molar-refractivity contribution in [3.63, 3.8) is 0 Å². The Kier molecular flexibility index (Phi) is 4.48. The first-order chi connectivity index (χ1) is 15.0. The van der Waals surface area contributed by atoms with Gasteiger partial charge in [-0.1, -0.05) is 19.9 Å². The van der Waals surface area contributed by atoms with Crippen LogP contribution in [0.1, 0.15) is 31.5 Å². The molecule has 2 aliphatic rings. The van der Waals surface area contributed by atoms with E-state index in [1.54, 1.807) is 18.6 Å². The summed E-state index contributed by atoms with van der Waals surface area (Å²) in [6.07, 6.45) is 10.5. The first-order valence-corrected chi connectivity index (χ1v) is 10.4. The van der Waals surface area contributed by atoms with Gasteiger partial charge in [0.1, 0.15) is 6.07 Å². The highest BCUT2D eigenvalue weighted by atomic mass is 16.1. The van der Waals surface area contributed by atoms with Crippen LogP contribution in [0.25, 0.3) is 22.6 Å². The van der Waals surface area contributed by atoms with E-state index in [4.69, 9.17) is 9.97 Å². The lowest BCUT2D eigenvalue weighted by Crippen LogP contribution is -2.46. The molecule has 31 heavy (non-hydrogen) atoms. The third kappa shape index (κ3) is 2.97. The molecular formula is C25H21N5O. The molecule has 0 radical (unpaired) electrons. The summed E-state index contributed by atoms with van der Waals surface area (Å²) in [5, 5.41) is 9.61. The predicted octanol–water partition coefficient (Wildman–Crippen LogP) is 4.09. The van der Waals surface area contributed by atoms with Gasteiger partial charge in [0, 0.05) is 52.8 Å². The molecular weight excluding hydrogens is 386 g/mol. The summed E-state index contributed by atoms with van der Waals surface area (Å²) in [5.74, 6) is 0.410. The minimum absolute atomic E-state index is 0.0654. The van der Waals surface area contributed by atoms with Crippen LogP contribution >= 0.6 is 0 Å². The van der Waals surface area contributed by atoms with Gasteiger partial charge in [0.2, 0.25) is 0 Å². The molecule has 0 bridgehead atoms. The van der Waals surface area contributed by atoms with Gasteiger partial charge in [0.25, 0.3) is 0 Å². The van der Waals surface area contributed by atoms with E-state index < -0.39 is 5.41 Å². The van der Waals surface area contributed by atoms with Crippen LogP contribution in [0.2, 0.25) is 0 Å². The maximum absolute atomic E-state index is 12.7. The second-order valence-corrected chi connectivity index (χ2v) is 8.45. The second-order valence-electron chi connectivity index (χ2n) is 8.45. The Labute approximate surface area is 180 Å².